The lowest BCUT2D eigenvalue weighted by atomic mass is 10.1. The molecule has 0 bridgehead atoms. The molecule has 1 aliphatic carbocycles. The summed E-state index contributed by atoms with van der Waals surface area (Å²) in [5, 5.41) is 18.8. The standard InChI is InChI=1S/C14H11F3O3/c15-14(16,17)10-5-2-8(3-6-10)1-4-9-7-11(18)13(20)12(9)19/h1-7,12-13,19-20H/b4-1+/t12-,13-/m0/s1. The van der Waals surface area contributed by atoms with Crippen LogP contribution in [0.2, 0.25) is 0 Å². The average molecular weight is 284 g/mol. The third kappa shape index (κ3) is 2.97. The number of alkyl halides is 3. The highest BCUT2D eigenvalue weighted by atomic mass is 19.4. The SMILES string of the molecule is O=C1C=C(/C=C/c2ccc(C(F)(F)F)cc2)[C@H](O)[C@H]1O. The van der Waals surface area contributed by atoms with Crippen molar-refractivity contribution >= 4 is 11.9 Å². The van der Waals surface area contributed by atoms with Gasteiger partial charge in [0.05, 0.1) is 5.56 Å². The minimum Gasteiger partial charge on any atom is -0.385 e. The predicted octanol–water partition coefficient (Wildman–Crippen LogP) is 1.95. The van der Waals surface area contributed by atoms with Crippen LogP contribution in [-0.4, -0.2) is 28.2 Å². The van der Waals surface area contributed by atoms with Crippen molar-refractivity contribution in [1.82, 2.24) is 0 Å². The molecule has 0 radical (unpaired) electrons. The monoisotopic (exact) mass is 284 g/mol. The molecule has 2 N–H and O–H groups in total. The Labute approximate surface area is 112 Å². The molecule has 1 aliphatic rings. The van der Waals surface area contributed by atoms with Gasteiger partial charge in [-0.25, -0.2) is 0 Å². The molecule has 3 nitrogen and oxygen atoms in total. The highest BCUT2D eigenvalue weighted by molar-refractivity contribution is 5.98. The maximum Gasteiger partial charge on any atom is 0.416 e. The highest BCUT2D eigenvalue weighted by Gasteiger charge is 2.31. The topological polar surface area (TPSA) is 57.5 Å². The minimum atomic E-state index is -4.39. The van der Waals surface area contributed by atoms with E-state index in [1.165, 1.54) is 24.3 Å². The van der Waals surface area contributed by atoms with Crippen LogP contribution in [0.5, 0.6) is 0 Å². The molecule has 0 spiro atoms. The van der Waals surface area contributed by atoms with E-state index in [2.05, 4.69) is 0 Å². The smallest absolute Gasteiger partial charge is 0.385 e. The lowest BCUT2D eigenvalue weighted by molar-refractivity contribution is -0.137. The second-order valence-corrected chi connectivity index (χ2v) is 4.39. The van der Waals surface area contributed by atoms with Gasteiger partial charge in [0.2, 0.25) is 0 Å². The van der Waals surface area contributed by atoms with E-state index in [1.807, 2.05) is 0 Å². The van der Waals surface area contributed by atoms with Crippen LogP contribution >= 0.6 is 0 Å². The zero-order chi connectivity index (χ0) is 14.9. The number of aliphatic hydroxyl groups is 2. The van der Waals surface area contributed by atoms with Crippen molar-refractivity contribution in [2.24, 2.45) is 0 Å². The van der Waals surface area contributed by atoms with Crippen LogP contribution in [0.4, 0.5) is 13.2 Å². The summed E-state index contributed by atoms with van der Waals surface area (Å²) in [6.07, 6.45) is -3.20. The molecule has 2 atom stereocenters. The third-order valence-electron chi connectivity index (χ3n) is 2.95. The molecule has 0 heterocycles. The highest BCUT2D eigenvalue weighted by Crippen LogP contribution is 2.29. The number of carbonyl (C=O) groups excluding carboxylic acids is 1. The molecular weight excluding hydrogens is 273 g/mol. The van der Waals surface area contributed by atoms with Crippen LogP contribution in [0.15, 0.2) is 42.0 Å². The Hall–Kier alpha value is -1.92. The van der Waals surface area contributed by atoms with Crippen molar-refractivity contribution in [3.63, 3.8) is 0 Å². The van der Waals surface area contributed by atoms with Crippen LogP contribution in [0, 0.1) is 0 Å². The van der Waals surface area contributed by atoms with Gasteiger partial charge in [-0.2, -0.15) is 13.2 Å². The Morgan fingerprint density at radius 1 is 1.00 bits per heavy atom. The summed E-state index contributed by atoms with van der Waals surface area (Å²) in [6, 6.07) is 4.44. The van der Waals surface area contributed by atoms with Crippen LogP contribution in [-0.2, 0) is 11.0 Å². The van der Waals surface area contributed by atoms with Crippen LogP contribution < -0.4 is 0 Å². The van der Waals surface area contributed by atoms with Crippen molar-refractivity contribution in [2.75, 3.05) is 0 Å². The molecule has 0 aliphatic heterocycles. The van der Waals surface area contributed by atoms with Crippen molar-refractivity contribution in [3.8, 4) is 0 Å². The van der Waals surface area contributed by atoms with Crippen molar-refractivity contribution in [3.05, 3.63) is 53.1 Å². The zero-order valence-electron chi connectivity index (χ0n) is 10.1. The number of aliphatic hydroxyl groups excluding tert-OH is 2. The summed E-state index contributed by atoms with van der Waals surface area (Å²) in [5.74, 6) is -0.593. The number of ketones is 1. The van der Waals surface area contributed by atoms with Crippen LogP contribution in [0.25, 0.3) is 6.08 Å². The molecule has 0 amide bonds. The fraction of sp³-hybridized carbons (Fsp3) is 0.214. The summed E-state index contributed by atoms with van der Waals surface area (Å²) in [4.78, 5) is 11.1. The van der Waals surface area contributed by atoms with E-state index in [1.54, 1.807) is 0 Å². The molecule has 1 aromatic rings. The Kier molecular flexibility index (Phi) is 3.78. The van der Waals surface area contributed by atoms with Gasteiger partial charge in [0.1, 0.15) is 12.2 Å². The van der Waals surface area contributed by atoms with Gasteiger partial charge < -0.3 is 10.2 Å². The average Bonchev–Trinajstić information content (AvgIpc) is 2.63. The van der Waals surface area contributed by atoms with Gasteiger partial charge in [-0.1, -0.05) is 24.3 Å². The molecular formula is C14H11F3O3. The van der Waals surface area contributed by atoms with E-state index in [-0.39, 0.29) is 5.57 Å². The van der Waals surface area contributed by atoms with Gasteiger partial charge in [0.15, 0.2) is 5.78 Å². The van der Waals surface area contributed by atoms with E-state index in [4.69, 9.17) is 0 Å². The molecule has 2 rings (SSSR count). The van der Waals surface area contributed by atoms with Crippen molar-refractivity contribution in [1.29, 1.82) is 0 Å². The first-order valence-corrected chi connectivity index (χ1v) is 5.76. The molecule has 0 aromatic heterocycles. The summed E-state index contributed by atoms with van der Waals surface area (Å²) in [6.45, 7) is 0. The molecule has 0 fully saturated rings. The van der Waals surface area contributed by atoms with Crippen molar-refractivity contribution in [2.45, 2.75) is 18.4 Å². The summed E-state index contributed by atoms with van der Waals surface area (Å²) < 4.78 is 37.1. The number of hydrogen-bond acceptors (Lipinski definition) is 3. The Bertz CT molecular complexity index is 570. The zero-order valence-corrected chi connectivity index (χ0v) is 10.1. The normalized spacial score (nSPS) is 23.4. The molecule has 106 valence electrons. The second-order valence-electron chi connectivity index (χ2n) is 4.39. The first-order chi connectivity index (χ1) is 9.29. The van der Waals surface area contributed by atoms with Gasteiger partial charge in [0, 0.05) is 0 Å². The number of hydrogen-bond donors (Lipinski definition) is 2. The Morgan fingerprint density at radius 2 is 1.60 bits per heavy atom. The summed E-state index contributed by atoms with van der Waals surface area (Å²) in [5.41, 5.74) is -0.0392. The Morgan fingerprint density at radius 3 is 2.05 bits per heavy atom. The van der Waals surface area contributed by atoms with E-state index < -0.39 is 29.7 Å². The van der Waals surface area contributed by atoms with Crippen LogP contribution in [0.3, 0.4) is 0 Å². The van der Waals surface area contributed by atoms with Crippen LogP contribution in [0.1, 0.15) is 11.1 Å². The molecule has 0 saturated carbocycles. The summed E-state index contributed by atoms with van der Waals surface area (Å²) in [7, 11) is 0. The molecule has 1 aromatic carbocycles. The van der Waals surface area contributed by atoms with Gasteiger partial charge in [-0.05, 0) is 29.3 Å². The molecule has 20 heavy (non-hydrogen) atoms. The number of halogens is 3. The Balaban J connectivity index is 2.13. The van der Waals surface area contributed by atoms with Gasteiger partial charge in [-0.15, -0.1) is 0 Å². The quantitative estimate of drug-likeness (QED) is 0.872. The van der Waals surface area contributed by atoms with E-state index >= 15 is 0 Å². The minimum absolute atomic E-state index is 0.224. The maximum absolute atomic E-state index is 12.4. The number of carbonyl (C=O) groups is 1. The first kappa shape index (κ1) is 14.5. The largest absolute Gasteiger partial charge is 0.416 e. The van der Waals surface area contributed by atoms with Gasteiger partial charge >= 0.3 is 6.18 Å². The first-order valence-electron chi connectivity index (χ1n) is 5.76. The third-order valence-corrected chi connectivity index (χ3v) is 2.95. The second kappa shape index (κ2) is 5.22. The fourth-order valence-electron chi connectivity index (χ4n) is 1.80. The lowest BCUT2D eigenvalue weighted by Crippen LogP contribution is -2.27. The molecule has 6 heteroatoms. The predicted molar refractivity (Wildman–Crippen MR) is 65.6 cm³/mol. The van der Waals surface area contributed by atoms with E-state index in [0.717, 1.165) is 18.2 Å². The molecule has 0 saturated heterocycles. The maximum atomic E-state index is 12.4. The lowest BCUT2D eigenvalue weighted by Gasteiger charge is -2.08. The number of rotatable bonds is 2. The summed E-state index contributed by atoms with van der Waals surface area (Å²) >= 11 is 0. The number of benzene rings is 1. The van der Waals surface area contributed by atoms with Gasteiger partial charge in [0.25, 0.3) is 0 Å². The van der Waals surface area contributed by atoms with Gasteiger partial charge in [-0.3, -0.25) is 4.79 Å². The fourth-order valence-corrected chi connectivity index (χ4v) is 1.80. The van der Waals surface area contributed by atoms with Crippen molar-refractivity contribution < 1.29 is 28.2 Å². The molecule has 0 unspecified atom stereocenters. The van der Waals surface area contributed by atoms with E-state index in [0.29, 0.717) is 5.56 Å². The van der Waals surface area contributed by atoms with E-state index in [9.17, 15) is 28.2 Å².